The third-order valence-electron chi connectivity index (χ3n) is 1.47. The molecule has 0 heterocycles. The molecular formula is C8H10BrNO. The molecule has 0 saturated heterocycles. The molecule has 0 radical (unpaired) electrons. The van der Waals surface area contributed by atoms with Gasteiger partial charge in [-0.3, -0.25) is 0 Å². The minimum Gasteiger partial charge on any atom is -0.507 e. The lowest BCUT2D eigenvalue weighted by atomic mass is 10.1. The van der Waals surface area contributed by atoms with E-state index in [2.05, 4.69) is 15.9 Å². The first kappa shape index (κ1) is 8.56. The number of phenolic OH excluding ortho intramolecular Hbond substituents is 1. The average molecular weight is 216 g/mol. The molecule has 0 aliphatic carbocycles. The van der Waals surface area contributed by atoms with Crippen LogP contribution in [0.2, 0.25) is 0 Å². The van der Waals surface area contributed by atoms with Gasteiger partial charge in [0.15, 0.2) is 0 Å². The molecule has 0 unspecified atom stereocenters. The van der Waals surface area contributed by atoms with Crippen molar-refractivity contribution in [1.82, 2.24) is 0 Å². The number of nitrogens with two attached hydrogens (primary N) is 1. The molecule has 1 rings (SSSR count). The van der Waals surface area contributed by atoms with Crippen LogP contribution in [-0.2, 0) is 6.42 Å². The monoisotopic (exact) mass is 215 g/mol. The van der Waals surface area contributed by atoms with Gasteiger partial charge in [-0.2, -0.15) is 0 Å². The van der Waals surface area contributed by atoms with Crippen molar-refractivity contribution in [3.63, 3.8) is 0 Å². The zero-order chi connectivity index (χ0) is 8.27. The summed E-state index contributed by atoms with van der Waals surface area (Å²) in [6, 6.07) is 5.39. The van der Waals surface area contributed by atoms with Crippen molar-refractivity contribution in [3.8, 4) is 5.75 Å². The Bertz CT molecular complexity index is 250. The Kier molecular flexibility index (Phi) is 2.91. The largest absolute Gasteiger partial charge is 0.507 e. The standard InChI is InChI=1S/C8H10BrNO/c9-8-6(4-5-10)2-1-3-7(8)11/h1-3,11H,4-5,10H2. The predicted octanol–water partition coefficient (Wildman–Crippen LogP) is 1.66. The van der Waals surface area contributed by atoms with Crippen LogP contribution in [0.5, 0.6) is 5.75 Å². The molecular weight excluding hydrogens is 206 g/mol. The van der Waals surface area contributed by atoms with Gasteiger partial charge in [0, 0.05) is 0 Å². The Morgan fingerprint density at radius 3 is 2.82 bits per heavy atom. The normalized spacial score (nSPS) is 10.0. The van der Waals surface area contributed by atoms with Crippen LogP contribution in [0.4, 0.5) is 0 Å². The summed E-state index contributed by atoms with van der Waals surface area (Å²) in [4.78, 5) is 0. The molecule has 0 fully saturated rings. The number of halogens is 1. The summed E-state index contributed by atoms with van der Waals surface area (Å²) >= 11 is 3.28. The van der Waals surface area contributed by atoms with Crippen LogP contribution in [-0.4, -0.2) is 11.7 Å². The molecule has 0 saturated carbocycles. The van der Waals surface area contributed by atoms with E-state index in [0.29, 0.717) is 6.54 Å². The van der Waals surface area contributed by atoms with E-state index in [4.69, 9.17) is 5.73 Å². The highest BCUT2D eigenvalue weighted by Crippen LogP contribution is 2.27. The third-order valence-corrected chi connectivity index (χ3v) is 2.39. The first-order chi connectivity index (χ1) is 5.25. The van der Waals surface area contributed by atoms with Gasteiger partial charge in [-0.15, -0.1) is 0 Å². The fourth-order valence-electron chi connectivity index (χ4n) is 0.915. The van der Waals surface area contributed by atoms with Gasteiger partial charge in [-0.25, -0.2) is 0 Å². The van der Waals surface area contributed by atoms with Crippen LogP contribution in [0, 0.1) is 0 Å². The van der Waals surface area contributed by atoms with Crippen LogP contribution in [0.15, 0.2) is 22.7 Å². The maximum absolute atomic E-state index is 9.24. The second-order valence-corrected chi connectivity index (χ2v) is 3.08. The molecule has 11 heavy (non-hydrogen) atoms. The van der Waals surface area contributed by atoms with Crippen molar-refractivity contribution in [3.05, 3.63) is 28.2 Å². The number of hydrogen-bond acceptors (Lipinski definition) is 2. The zero-order valence-electron chi connectivity index (χ0n) is 6.05. The van der Waals surface area contributed by atoms with Gasteiger partial charge in [0.2, 0.25) is 0 Å². The Labute approximate surface area is 74.2 Å². The van der Waals surface area contributed by atoms with Crippen molar-refractivity contribution < 1.29 is 5.11 Å². The first-order valence-corrected chi connectivity index (χ1v) is 4.21. The van der Waals surface area contributed by atoms with Gasteiger partial charge in [0.25, 0.3) is 0 Å². The van der Waals surface area contributed by atoms with Gasteiger partial charge >= 0.3 is 0 Å². The number of phenols is 1. The lowest BCUT2D eigenvalue weighted by Gasteiger charge is -2.03. The van der Waals surface area contributed by atoms with Crippen LogP contribution in [0.25, 0.3) is 0 Å². The lowest BCUT2D eigenvalue weighted by molar-refractivity contribution is 0.471. The van der Waals surface area contributed by atoms with E-state index < -0.39 is 0 Å². The highest BCUT2D eigenvalue weighted by Gasteiger charge is 2.01. The molecule has 0 bridgehead atoms. The molecule has 1 aromatic carbocycles. The Morgan fingerprint density at radius 1 is 1.45 bits per heavy atom. The smallest absolute Gasteiger partial charge is 0.130 e. The molecule has 0 aliphatic heterocycles. The van der Waals surface area contributed by atoms with Crippen LogP contribution < -0.4 is 5.73 Å². The van der Waals surface area contributed by atoms with Crippen molar-refractivity contribution in [1.29, 1.82) is 0 Å². The van der Waals surface area contributed by atoms with Gasteiger partial charge in [0.05, 0.1) is 4.47 Å². The third kappa shape index (κ3) is 1.94. The topological polar surface area (TPSA) is 46.2 Å². The SMILES string of the molecule is NCCc1cccc(O)c1Br. The molecule has 3 heteroatoms. The predicted molar refractivity (Wildman–Crippen MR) is 48.6 cm³/mol. The molecule has 0 atom stereocenters. The summed E-state index contributed by atoms with van der Waals surface area (Å²) in [6.07, 6.45) is 0.787. The van der Waals surface area contributed by atoms with E-state index in [1.54, 1.807) is 6.07 Å². The summed E-state index contributed by atoms with van der Waals surface area (Å²) in [5, 5.41) is 9.24. The van der Waals surface area contributed by atoms with Crippen molar-refractivity contribution in [2.45, 2.75) is 6.42 Å². The van der Waals surface area contributed by atoms with E-state index in [1.165, 1.54) is 0 Å². The molecule has 0 aliphatic rings. The summed E-state index contributed by atoms with van der Waals surface area (Å²) in [5.74, 6) is 0.274. The van der Waals surface area contributed by atoms with Crippen molar-refractivity contribution in [2.24, 2.45) is 5.73 Å². The molecule has 0 amide bonds. The maximum atomic E-state index is 9.24. The average Bonchev–Trinajstić information content (AvgIpc) is 1.99. The number of benzene rings is 1. The second kappa shape index (κ2) is 3.74. The molecule has 2 nitrogen and oxygen atoms in total. The number of hydrogen-bond donors (Lipinski definition) is 2. The van der Waals surface area contributed by atoms with E-state index in [0.717, 1.165) is 16.5 Å². The minimum atomic E-state index is 0.274. The van der Waals surface area contributed by atoms with Gasteiger partial charge < -0.3 is 10.8 Å². The van der Waals surface area contributed by atoms with Crippen molar-refractivity contribution >= 4 is 15.9 Å². The van der Waals surface area contributed by atoms with Crippen LogP contribution >= 0.6 is 15.9 Å². The fraction of sp³-hybridized carbons (Fsp3) is 0.250. The molecule has 3 N–H and O–H groups in total. The van der Waals surface area contributed by atoms with E-state index in [-0.39, 0.29) is 5.75 Å². The molecule has 0 spiro atoms. The van der Waals surface area contributed by atoms with Gasteiger partial charge in [0.1, 0.15) is 5.75 Å². The van der Waals surface area contributed by atoms with E-state index in [1.807, 2.05) is 12.1 Å². The van der Waals surface area contributed by atoms with Crippen LogP contribution in [0.3, 0.4) is 0 Å². The highest BCUT2D eigenvalue weighted by atomic mass is 79.9. The summed E-state index contributed by atoms with van der Waals surface area (Å²) in [7, 11) is 0. The highest BCUT2D eigenvalue weighted by molar-refractivity contribution is 9.10. The van der Waals surface area contributed by atoms with E-state index in [9.17, 15) is 5.11 Å². The minimum absolute atomic E-state index is 0.274. The Morgan fingerprint density at radius 2 is 2.18 bits per heavy atom. The quantitative estimate of drug-likeness (QED) is 0.789. The van der Waals surface area contributed by atoms with E-state index >= 15 is 0 Å². The molecule has 1 aromatic rings. The number of aromatic hydroxyl groups is 1. The maximum Gasteiger partial charge on any atom is 0.130 e. The second-order valence-electron chi connectivity index (χ2n) is 2.29. The Balaban J connectivity index is 2.96. The zero-order valence-corrected chi connectivity index (χ0v) is 7.63. The lowest BCUT2D eigenvalue weighted by Crippen LogP contribution is -2.02. The fourth-order valence-corrected chi connectivity index (χ4v) is 1.38. The summed E-state index contributed by atoms with van der Waals surface area (Å²) in [5.41, 5.74) is 6.43. The molecule has 60 valence electrons. The Hall–Kier alpha value is -0.540. The van der Waals surface area contributed by atoms with Crippen LogP contribution in [0.1, 0.15) is 5.56 Å². The first-order valence-electron chi connectivity index (χ1n) is 3.42. The van der Waals surface area contributed by atoms with Gasteiger partial charge in [-0.05, 0) is 40.5 Å². The summed E-state index contributed by atoms with van der Waals surface area (Å²) in [6.45, 7) is 0.599. The van der Waals surface area contributed by atoms with Crippen molar-refractivity contribution in [2.75, 3.05) is 6.54 Å². The summed E-state index contributed by atoms with van der Waals surface area (Å²) < 4.78 is 0.755. The number of rotatable bonds is 2. The molecule has 0 aromatic heterocycles. The van der Waals surface area contributed by atoms with Gasteiger partial charge in [-0.1, -0.05) is 12.1 Å².